The van der Waals surface area contributed by atoms with Gasteiger partial charge in [0.2, 0.25) is 11.8 Å². The summed E-state index contributed by atoms with van der Waals surface area (Å²) < 4.78 is 0. The van der Waals surface area contributed by atoms with Crippen LogP contribution in [0.4, 0.5) is 0 Å². The van der Waals surface area contributed by atoms with Crippen LogP contribution >= 0.6 is 0 Å². The van der Waals surface area contributed by atoms with Gasteiger partial charge >= 0.3 is 0 Å². The molecule has 5 nitrogen and oxygen atoms in total. The first-order chi connectivity index (χ1) is 7.52. The normalized spacial score (nSPS) is 16.9. The number of likely N-dealkylation sites (N-methyl/N-ethyl adjacent to an activating group) is 2. The molecule has 1 rings (SSSR count). The Kier molecular flexibility index (Phi) is 4.73. The lowest BCUT2D eigenvalue weighted by Gasteiger charge is -2.27. The van der Waals surface area contributed by atoms with Crippen molar-refractivity contribution in [1.29, 1.82) is 0 Å². The molecule has 0 unspecified atom stereocenters. The lowest BCUT2D eigenvalue weighted by atomic mass is 9.97. The van der Waals surface area contributed by atoms with E-state index in [1.165, 1.54) is 4.90 Å². The molecule has 1 fully saturated rings. The van der Waals surface area contributed by atoms with Crippen molar-refractivity contribution in [2.24, 2.45) is 5.92 Å². The van der Waals surface area contributed by atoms with Crippen molar-refractivity contribution in [3.63, 3.8) is 0 Å². The Balaban J connectivity index is 2.43. The van der Waals surface area contributed by atoms with Crippen LogP contribution in [0.25, 0.3) is 0 Å². The average molecular weight is 227 g/mol. The summed E-state index contributed by atoms with van der Waals surface area (Å²) in [7, 11) is 5.10. The molecule has 0 radical (unpaired) electrons. The molecule has 1 saturated heterocycles. The molecule has 0 aliphatic carbocycles. The zero-order valence-electron chi connectivity index (χ0n) is 10.3. The standard InChI is InChI=1S/C11H21N3O2/c1-13(2)10(15)8-14(3)11(16)9-4-6-12-7-5-9/h9,12H,4-8H2,1-3H3. The van der Waals surface area contributed by atoms with Crippen molar-refractivity contribution in [2.45, 2.75) is 12.8 Å². The predicted molar refractivity (Wildman–Crippen MR) is 61.9 cm³/mol. The van der Waals surface area contributed by atoms with E-state index >= 15 is 0 Å². The first-order valence-corrected chi connectivity index (χ1v) is 5.68. The zero-order chi connectivity index (χ0) is 12.1. The van der Waals surface area contributed by atoms with Crippen LogP contribution in [-0.2, 0) is 9.59 Å². The van der Waals surface area contributed by atoms with Gasteiger partial charge in [-0.2, -0.15) is 0 Å². The molecule has 0 aromatic heterocycles. The van der Waals surface area contributed by atoms with Crippen molar-refractivity contribution < 1.29 is 9.59 Å². The van der Waals surface area contributed by atoms with Crippen molar-refractivity contribution in [1.82, 2.24) is 15.1 Å². The molecule has 0 saturated carbocycles. The molecule has 0 spiro atoms. The van der Waals surface area contributed by atoms with E-state index in [-0.39, 0.29) is 24.3 Å². The Labute approximate surface area is 96.8 Å². The SMILES string of the molecule is CN(C)C(=O)CN(C)C(=O)C1CCNCC1. The van der Waals surface area contributed by atoms with Crippen LogP contribution in [0.2, 0.25) is 0 Å². The molecule has 5 heteroatoms. The number of hydrogen-bond acceptors (Lipinski definition) is 3. The van der Waals surface area contributed by atoms with Crippen LogP contribution in [0.1, 0.15) is 12.8 Å². The van der Waals surface area contributed by atoms with Crippen molar-refractivity contribution >= 4 is 11.8 Å². The van der Waals surface area contributed by atoms with Gasteiger partial charge in [-0.1, -0.05) is 0 Å². The van der Waals surface area contributed by atoms with Crippen LogP contribution in [0.3, 0.4) is 0 Å². The van der Waals surface area contributed by atoms with Crippen LogP contribution in [0.15, 0.2) is 0 Å². The zero-order valence-corrected chi connectivity index (χ0v) is 10.3. The largest absolute Gasteiger partial charge is 0.347 e. The summed E-state index contributed by atoms with van der Waals surface area (Å²) >= 11 is 0. The maximum absolute atomic E-state index is 12.0. The van der Waals surface area contributed by atoms with Crippen LogP contribution < -0.4 is 5.32 Å². The molecule has 2 amide bonds. The molecule has 0 bridgehead atoms. The number of nitrogens with one attached hydrogen (secondary N) is 1. The van der Waals surface area contributed by atoms with E-state index < -0.39 is 0 Å². The number of piperidine rings is 1. The Morgan fingerprint density at radius 2 is 1.75 bits per heavy atom. The molecule has 0 aromatic carbocycles. The Morgan fingerprint density at radius 3 is 2.25 bits per heavy atom. The fourth-order valence-corrected chi connectivity index (χ4v) is 1.80. The van der Waals surface area contributed by atoms with Gasteiger partial charge < -0.3 is 15.1 Å². The summed E-state index contributed by atoms with van der Waals surface area (Å²) in [5.74, 6) is 0.141. The highest BCUT2D eigenvalue weighted by Crippen LogP contribution is 2.14. The number of rotatable bonds is 3. The molecule has 0 aromatic rings. The van der Waals surface area contributed by atoms with Crippen molar-refractivity contribution in [3.8, 4) is 0 Å². The van der Waals surface area contributed by atoms with Gasteiger partial charge in [0.1, 0.15) is 0 Å². The Morgan fingerprint density at radius 1 is 1.19 bits per heavy atom. The summed E-state index contributed by atoms with van der Waals surface area (Å²) in [6.45, 7) is 1.97. The number of nitrogens with zero attached hydrogens (tertiary/aromatic N) is 2. The van der Waals surface area contributed by atoms with Gasteiger partial charge in [-0.15, -0.1) is 0 Å². The molecular weight excluding hydrogens is 206 g/mol. The van der Waals surface area contributed by atoms with Gasteiger partial charge in [0, 0.05) is 27.1 Å². The summed E-state index contributed by atoms with van der Waals surface area (Å²) in [5.41, 5.74) is 0. The third-order valence-electron chi connectivity index (χ3n) is 2.94. The van der Waals surface area contributed by atoms with Crippen LogP contribution in [0, 0.1) is 5.92 Å². The summed E-state index contributed by atoms with van der Waals surface area (Å²) in [4.78, 5) is 26.5. The summed E-state index contributed by atoms with van der Waals surface area (Å²) in [6.07, 6.45) is 1.75. The maximum atomic E-state index is 12.0. The smallest absolute Gasteiger partial charge is 0.241 e. The van der Waals surface area contributed by atoms with Gasteiger partial charge in [0.15, 0.2) is 0 Å². The fourth-order valence-electron chi connectivity index (χ4n) is 1.80. The molecule has 1 aliphatic heterocycles. The molecule has 0 atom stereocenters. The van der Waals surface area contributed by atoms with E-state index in [9.17, 15) is 9.59 Å². The second-order valence-corrected chi connectivity index (χ2v) is 4.51. The summed E-state index contributed by atoms with van der Waals surface area (Å²) in [5, 5.41) is 3.22. The molecular formula is C11H21N3O2. The minimum atomic E-state index is -0.0372. The van der Waals surface area contributed by atoms with Gasteiger partial charge in [0.05, 0.1) is 6.54 Å². The van der Waals surface area contributed by atoms with Gasteiger partial charge in [-0.3, -0.25) is 9.59 Å². The molecule has 1 heterocycles. The Bertz CT molecular complexity index is 260. The lowest BCUT2D eigenvalue weighted by molar-refractivity contribution is -0.141. The second kappa shape index (κ2) is 5.84. The highest BCUT2D eigenvalue weighted by Gasteiger charge is 2.25. The first kappa shape index (κ1) is 13.0. The third-order valence-corrected chi connectivity index (χ3v) is 2.94. The summed E-state index contributed by atoms with van der Waals surface area (Å²) in [6, 6.07) is 0. The second-order valence-electron chi connectivity index (χ2n) is 4.51. The number of carbonyl (C=O) groups is 2. The number of carbonyl (C=O) groups excluding carboxylic acids is 2. The molecule has 92 valence electrons. The first-order valence-electron chi connectivity index (χ1n) is 5.68. The fraction of sp³-hybridized carbons (Fsp3) is 0.818. The topological polar surface area (TPSA) is 52.7 Å². The number of amides is 2. The van der Waals surface area contributed by atoms with Gasteiger partial charge in [-0.25, -0.2) is 0 Å². The van der Waals surface area contributed by atoms with E-state index in [1.54, 1.807) is 26.0 Å². The third kappa shape index (κ3) is 3.48. The monoisotopic (exact) mass is 227 g/mol. The van der Waals surface area contributed by atoms with Crippen LogP contribution in [-0.4, -0.2) is 62.4 Å². The van der Waals surface area contributed by atoms with E-state index in [0.717, 1.165) is 25.9 Å². The maximum Gasteiger partial charge on any atom is 0.241 e. The van der Waals surface area contributed by atoms with Crippen molar-refractivity contribution in [3.05, 3.63) is 0 Å². The minimum absolute atomic E-state index is 0.0372. The molecule has 16 heavy (non-hydrogen) atoms. The average Bonchev–Trinajstić information content (AvgIpc) is 2.28. The highest BCUT2D eigenvalue weighted by atomic mass is 16.2. The van der Waals surface area contributed by atoms with Gasteiger partial charge in [0.25, 0.3) is 0 Å². The van der Waals surface area contributed by atoms with Crippen molar-refractivity contribution in [2.75, 3.05) is 40.8 Å². The minimum Gasteiger partial charge on any atom is -0.347 e. The quantitative estimate of drug-likeness (QED) is 0.709. The van der Waals surface area contributed by atoms with E-state index in [0.29, 0.717) is 0 Å². The predicted octanol–water partition coefficient (Wildman–Crippen LogP) is -0.467. The number of hydrogen-bond donors (Lipinski definition) is 1. The highest BCUT2D eigenvalue weighted by molar-refractivity contribution is 5.85. The van der Waals surface area contributed by atoms with E-state index in [1.807, 2.05) is 0 Å². The van der Waals surface area contributed by atoms with E-state index in [4.69, 9.17) is 0 Å². The lowest BCUT2D eigenvalue weighted by Crippen LogP contribution is -2.43. The van der Waals surface area contributed by atoms with E-state index in [2.05, 4.69) is 5.32 Å². The van der Waals surface area contributed by atoms with Crippen LogP contribution in [0.5, 0.6) is 0 Å². The molecule has 1 N–H and O–H groups in total. The molecule has 1 aliphatic rings. The Hall–Kier alpha value is -1.10. The van der Waals surface area contributed by atoms with Gasteiger partial charge in [-0.05, 0) is 25.9 Å².